The second-order valence-corrected chi connectivity index (χ2v) is 15.5. The van der Waals surface area contributed by atoms with Gasteiger partial charge in [-0.1, -0.05) is 121 Å². The van der Waals surface area contributed by atoms with E-state index in [2.05, 4.69) is 156 Å². The lowest BCUT2D eigenvalue weighted by atomic mass is 10.0. The molecule has 0 fully saturated rings. The number of aromatic nitrogens is 4. The second kappa shape index (κ2) is 12.6. The molecule has 8 aromatic carbocycles. The van der Waals surface area contributed by atoms with Crippen LogP contribution in [0.5, 0.6) is 0 Å². The van der Waals surface area contributed by atoms with Crippen LogP contribution in [0.15, 0.2) is 186 Å². The molecule has 5 nitrogen and oxygen atoms in total. The van der Waals surface area contributed by atoms with E-state index in [-0.39, 0.29) is 0 Å². The predicted octanol–water partition coefficient (Wildman–Crippen LogP) is 13.9. The molecule has 0 aliphatic heterocycles. The van der Waals surface area contributed by atoms with Crippen LogP contribution in [0.3, 0.4) is 0 Å². The van der Waals surface area contributed by atoms with Crippen LogP contribution in [0.1, 0.15) is 0 Å². The molecule has 0 saturated carbocycles. The van der Waals surface area contributed by atoms with Crippen molar-refractivity contribution in [1.29, 1.82) is 0 Å². The van der Waals surface area contributed by atoms with Crippen molar-refractivity contribution >= 4 is 75.3 Å². The maximum absolute atomic E-state index is 6.62. The van der Waals surface area contributed by atoms with E-state index < -0.39 is 0 Å². The molecule has 0 aliphatic carbocycles. The predicted molar refractivity (Wildman–Crippen MR) is 236 cm³/mol. The van der Waals surface area contributed by atoms with Crippen LogP contribution in [0.2, 0.25) is 0 Å². The third-order valence-electron chi connectivity index (χ3n) is 11.0. The highest BCUT2D eigenvalue weighted by molar-refractivity contribution is 7.25. The van der Waals surface area contributed by atoms with Gasteiger partial charge in [-0.2, -0.15) is 0 Å². The Morgan fingerprint density at radius 1 is 0.386 bits per heavy atom. The van der Waals surface area contributed by atoms with Gasteiger partial charge in [0.2, 0.25) is 0 Å². The Labute approximate surface area is 330 Å². The molecule has 0 atom stereocenters. The van der Waals surface area contributed by atoms with Crippen molar-refractivity contribution in [2.75, 3.05) is 0 Å². The number of fused-ring (bicyclic) bond motifs is 10. The number of rotatable bonds is 5. The Kier molecular flexibility index (Phi) is 7.03. The zero-order valence-corrected chi connectivity index (χ0v) is 31.2. The van der Waals surface area contributed by atoms with Crippen LogP contribution < -0.4 is 0 Å². The van der Waals surface area contributed by atoms with Crippen LogP contribution in [0, 0.1) is 0 Å². The number of hydrogen-bond acceptors (Lipinski definition) is 5. The van der Waals surface area contributed by atoms with E-state index in [1.165, 1.54) is 36.5 Å². The molecule has 12 aromatic rings. The largest absolute Gasteiger partial charge is 0.456 e. The normalized spacial score (nSPS) is 11.9. The van der Waals surface area contributed by atoms with Gasteiger partial charge in [0, 0.05) is 58.7 Å². The van der Waals surface area contributed by atoms with E-state index in [9.17, 15) is 0 Å². The molecular weight excluding hydrogens is 717 g/mol. The minimum Gasteiger partial charge on any atom is -0.456 e. The third kappa shape index (κ3) is 5.12. The summed E-state index contributed by atoms with van der Waals surface area (Å²) in [5, 5.41) is 6.93. The smallest absolute Gasteiger partial charge is 0.164 e. The van der Waals surface area contributed by atoms with Crippen LogP contribution in [-0.2, 0) is 0 Å². The fraction of sp³-hybridized carbons (Fsp3) is 0. The monoisotopic (exact) mass is 746 g/mol. The summed E-state index contributed by atoms with van der Waals surface area (Å²) in [7, 11) is 0. The van der Waals surface area contributed by atoms with E-state index in [1.54, 1.807) is 11.3 Å². The Balaban J connectivity index is 1.09. The average Bonchev–Trinajstić information content (AvgIpc) is 3.96. The summed E-state index contributed by atoms with van der Waals surface area (Å²) in [4.78, 5) is 15.4. The lowest BCUT2D eigenvalue weighted by Crippen LogP contribution is -2.00. The number of thiophene rings is 1. The van der Waals surface area contributed by atoms with Crippen molar-refractivity contribution in [3.05, 3.63) is 182 Å². The van der Waals surface area contributed by atoms with E-state index in [0.29, 0.717) is 17.5 Å². The van der Waals surface area contributed by atoms with Crippen molar-refractivity contribution in [2.24, 2.45) is 0 Å². The number of para-hydroxylation sites is 1. The lowest BCUT2D eigenvalue weighted by Gasteiger charge is -2.11. The molecule has 6 heteroatoms. The zero-order valence-electron chi connectivity index (χ0n) is 30.4. The molecule has 57 heavy (non-hydrogen) atoms. The highest BCUT2D eigenvalue weighted by atomic mass is 32.1. The standard InChI is InChI=1S/C51H30N4OS/c1-3-12-31(13-4-1)33-16-11-17-36(28-33)55-42-20-9-7-18-37(42)40-25-27-44-47(48(40)55)41-29-34(23-26-43(41)56-44)50-52-49(32-14-5-2-6-15-32)53-51(54-50)35-22-24-39-38-19-8-10-21-45(38)57-46(39)30-35/h1-30H. The summed E-state index contributed by atoms with van der Waals surface area (Å²) in [5.41, 5.74) is 10.1. The first-order valence-electron chi connectivity index (χ1n) is 19.0. The molecule has 0 aliphatic rings. The van der Waals surface area contributed by atoms with Crippen LogP contribution in [0.25, 0.3) is 115 Å². The number of benzene rings is 8. The van der Waals surface area contributed by atoms with Gasteiger partial charge < -0.3 is 8.98 Å². The number of nitrogens with zero attached hydrogens (tertiary/aromatic N) is 4. The van der Waals surface area contributed by atoms with Crippen molar-refractivity contribution < 1.29 is 4.42 Å². The maximum Gasteiger partial charge on any atom is 0.164 e. The third-order valence-corrected chi connectivity index (χ3v) is 12.2. The van der Waals surface area contributed by atoms with Crippen molar-refractivity contribution in [2.45, 2.75) is 0 Å². The van der Waals surface area contributed by atoms with Crippen LogP contribution >= 0.6 is 11.3 Å². The van der Waals surface area contributed by atoms with Gasteiger partial charge in [0.25, 0.3) is 0 Å². The molecule has 0 bridgehead atoms. The molecule has 0 amide bonds. The van der Waals surface area contributed by atoms with E-state index in [1.807, 2.05) is 30.3 Å². The fourth-order valence-electron chi connectivity index (χ4n) is 8.40. The highest BCUT2D eigenvalue weighted by Crippen LogP contribution is 2.42. The topological polar surface area (TPSA) is 56.7 Å². The van der Waals surface area contributed by atoms with Gasteiger partial charge in [-0.25, -0.2) is 15.0 Å². The van der Waals surface area contributed by atoms with Gasteiger partial charge in [-0.3, -0.25) is 0 Å². The van der Waals surface area contributed by atoms with Gasteiger partial charge in [0.1, 0.15) is 11.2 Å². The Bertz CT molecular complexity index is 3530. The summed E-state index contributed by atoms with van der Waals surface area (Å²) in [5.74, 6) is 1.87. The van der Waals surface area contributed by atoms with Crippen molar-refractivity contribution in [3.8, 4) is 51.0 Å². The molecule has 266 valence electrons. The average molecular weight is 747 g/mol. The van der Waals surface area contributed by atoms with Crippen molar-refractivity contribution in [3.63, 3.8) is 0 Å². The SMILES string of the molecule is c1ccc(-c2cccc(-n3c4ccccc4c4ccc5oc6ccc(-c7nc(-c8ccccc8)nc(-c8ccc9c(c8)sc8ccccc89)n7)cc6c5c43)c2)cc1. The molecule has 0 spiro atoms. The summed E-state index contributed by atoms with van der Waals surface area (Å²) in [6.07, 6.45) is 0. The lowest BCUT2D eigenvalue weighted by molar-refractivity contribution is 0.669. The minimum absolute atomic E-state index is 0.606. The first-order chi connectivity index (χ1) is 28.2. The molecule has 0 N–H and O–H groups in total. The van der Waals surface area contributed by atoms with Crippen LogP contribution in [-0.4, -0.2) is 19.5 Å². The van der Waals surface area contributed by atoms with Gasteiger partial charge in [0.15, 0.2) is 17.5 Å². The molecule has 0 unspecified atom stereocenters. The highest BCUT2D eigenvalue weighted by Gasteiger charge is 2.21. The minimum atomic E-state index is 0.606. The maximum atomic E-state index is 6.62. The molecule has 4 heterocycles. The summed E-state index contributed by atoms with van der Waals surface area (Å²) >= 11 is 1.79. The molecule has 0 saturated heterocycles. The summed E-state index contributed by atoms with van der Waals surface area (Å²) in [6.45, 7) is 0. The fourth-order valence-corrected chi connectivity index (χ4v) is 9.54. The Morgan fingerprint density at radius 3 is 1.82 bits per heavy atom. The molecular formula is C51H30N4OS. The second-order valence-electron chi connectivity index (χ2n) is 14.4. The van der Waals surface area contributed by atoms with Gasteiger partial charge in [-0.15, -0.1) is 11.3 Å². The molecule has 4 aromatic heterocycles. The first-order valence-corrected chi connectivity index (χ1v) is 19.8. The van der Waals surface area contributed by atoms with E-state index in [4.69, 9.17) is 19.4 Å². The summed E-state index contributed by atoms with van der Waals surface area (Å²) in [6, 6.07) is 63.8. The molecule has 12 rings (SSSR count). The Hall–Kier alpha value is -7.41. The summed E-state index contributed by atoms with van der Waals surface area (Å²) < 4.78 is 11.5. The van der Waals surface area contributed by atoms with E-state index in [0.717, 1.165) is 60.9 Å². The number of furan rings is 1. The van der Waals surface area contributed by atoms with Gasteiger partial charge >= 0.3 is 0 Å². The first kappa shape index (κ1) is 31.9. The number of hydrogen-bond donors (Lipinski definition) is 0. The molecule has 0 radical (unpaired) electrons. The van der Waals surface area contributed by atoms with Gasteiger partial charge in [-0.05, 0) is 71.8 Å². The Morgan fingerprint density at radius 2 is 1.00 bits per heavy atom. The van der Waals surface area contributed by atoms with Gasteiger partial charge in [0.05, 0.1) is 16.4 Å². The zero-order chi connectivity index (χ0) is 37.5. The quantitative estimate of drug-likeness (QED) is 0.176. The van der Waals surface area contributed by atoms with Crippen molar-refractivity contribution in [1.82, 2.24) is 19.5 Å². The van der Waals surface area contributed by atoms with E-state index >= 15 is 0 Å². The van der Waals surface area contributed by atoms with Crippen LogP contribution in [0.4, 0.5) is 0 Å².